The fourth-order valence-corrected chi connectivity index (χ4v) is 2.00. The first kappa shape index (κ1) is 12.8. The first-order valence-electron chi connectivity index (χ1n) is 5.86. The lowest BCUT2D eigenvalue weighted by molar-refractivity contribution is 0.0589. The van der Waals surface area contributed by atoms with Gasteiger partial charge in [0, 0.05) is 19.0 Å². The Kier molecular flexibility index (Phi) is 3.71. The van der Waals surface area contributed by atoms with Crippen LogP contribution in [0.3, 0.4) is 0 Å². The van der Waals surface area contributed by atoms with Gasteiger partial charge in [-0.1, -0.05) is 23.7 Å². The van der Waals surface area contributed by atoms with Crippen LogP contribution in [0.25, 0.3) is 0 Å². The molecule has 1 atom stereocenters. The van der Waals surface area contributed by atoms with Crippen molar-refractivity contribution in [2.24, 2.45) is 0 Å². The minimum atomic E-state index is -0.950. The molecule has 1 aromatic rings. The number of halogens is 2. The van der Waals surface area contributed by atoms with Crippen LogP contribution in [0, 0.1) is 5.82 Å². The summed E-state index contributed by atoms with van der Waals surface area (Å²) in [4.78, 5) is 0. The van der Waals surface area contributed by atoms with Crippen LogP contribution >= 0.6 is 11.6 Å². The Morgan fingerprint density at radius 3 is 2.88 bits per heavy atom. The maximum absolute atomic E-state index is 13.7. The number of hydrogen-bond donors (Lipinski definition) is 2. The van der Waals surface area contributed by atoms with Gasteiger partial charge in [0.25, 0.3) is 0 Å². The summed E-state index contributed by atoms with van der Waals surface area (Å²) in [6.07, 6.45) is 2.60. The van der Waals surface area contributed by atoms with Crippen molar-refractivity contribution in [2.45, 2.75) is 37.8 Å². The van der Waals surface area contributed by atoms with Gasteiger partial charge in [-0.3, -0.25) is 0 Å². The van der Waals surface area contributed by atoms with Crippen molar-refractivity contribution in [3.63, 3.8) is 0 Å². The molecule has 1 aliphatic rings. The van der Waals surface area contributed by atoms with Crippen LogP contribution in [0.4, 0.5) is 4.39 Å². The van der Waals surface area contributed by atoms with Gasteiger partial charge in [0.2, 0.25) is 0 Å². The zero-order chi connectivity index (χ0) is 12.5. The topological polar surface area (TPSA) is 32.3 Å². The molecular weight excluding hydrogens is 241 g/mol. The summed E-state index contributed by atoms with van der Waals surface area (Å²) in [5.74, 6) is -0.430. The van der Waals surface area contributed by atoms with E-state index in [0.717, 1.165) is 0 Å². The van der Waals surface area contributed by atoms with Gasteiger partial charge in [0.1, 0.15) is 5.82 Å². The van der Waals surface area contributed by atoms with E-state index in [-0.39, 0.29) is 11.4 Å². The molecule has 1 fully saturated rings. The third-order valence-electron chi connectivity index (χ3n) is 2.95. The zero-order valence-electron chi connectivity index (χ0n) is 9.84. The Morgan fingerprint density at radius 2 is 2.24 bits per heavy atom. The first-order chi connectivity index (χ1) is 7.98. The molecule has 0 saturated heterocycles. The van der Waals surface area contributed by atoms with Crippen LogP contribution in [-0.2, 0) is 6.42 Å². The Bertz CT molecular complexity index is 404. The first-order valence-corrected chi connectivity index (χ1v) is 6.24. The molecule has 4 heteroatoms. The molecule has 0 spiro atoms. The largest absolute Gasteiger partial charge is 0.389 e. The molecule has 0 bridgehead atoms. The van der Waals surface area contributed by atoms with Crippen molar-refractivity contribution in [1.29, 1.82) is 0 Å². The molecule has 1 aliphatic carbocycles. The molecule has 0 aromatic heterocycles. The normalized spacial score (nSPS) is 19.1. The van der Waals surface area contributed by atoms with E-state index in [1.165, 1.54) is 18.9 Å². The molecule has 94 valence electrons. The van der Waals surface area contributed by atoms with Gasteiger partial charge in [0.15, 0.2) is 0 Å². The molecule has 0 heterocycles. The van der Waals surface area contributed by atoms with Crippen molar-refractivity contribution in [3.05, 3.63) is 34.6 Å². The van der Waals surface area contributed by atoms with E-state index in [0.29, 0.717) is 18.2 Å². The number of aliphatic hydroxyl groups is 1. The predicted octanol–water partition coefficient (Wildman–Crippen LogP) is 2.52. The van der Waals surface area contributed by atoms with Crippen LogP contribution in [-0.4, -0.2) is 23.3 Å². The number of hydrogen-bond acceptors (Lipinski definition) is 2. The van der Waals surface area contributed by atoms with E-state index < -0.39 is 11.4 Å². The lowest BCUT2D eigenvalue weighted by Crippen LogP contribution is -2.40. The van der Waals surface area contributed by atoms with Crippen LogP contribution in [0.1, 0.15) is 25.3 Å². The second-order valence-corrected chi connectivity index (χ2v) is 5.45. The van der Waals surface area contributed by atoms with Crippen LogP contribution < -0.4 is 5.32 Å². The predicted molar refractivity (Wildman–Crippen MR) is 66.8 cm³/mol. The Balaban J connectivity index is 1.99. The molecule has 1 aromatic carbocycles. The highest BCUT2D eigenvalue weighted by Crippen LogP contribution is 2.23. The summed E-state index contributed by atoms with van der Waals surface area (Å²) >= 11 is 5.71. The lowest BCUT2D eigenvalue weighted by Gasteiger charge is -2.24. The molecule has 1 saturated carbocycles. The summed E-state index contributed by atoms with van der Waals surface area (Å²) in [5, 5.41) is 13.5. The quantitative estimate of drug-likeness (QED) is 0.850. The van der Waals surface area contributed by atoms with Crippen LogP contribution in [0.5, 0.6) is 0 Å². The van der Waals surface area contributed by atoms with Crippen molar-refractivity contribution >= 4 is 11.6 Å². The summed E-state index contributed by atoms with van der Waals surface area (Å²) in [5.41, 5.74) is -0.492. The van der Waals surface area contributed by atoms with E-state index in [2.05, 4.69) is 5.32 Å². The summed E-state index contributed by atoms with van der Waals surface area (Å²) in [6.45, 7) is 2.19. The molecule has 2 N–H and O–H groups in total. The molecule has 0 radical (unpaired) electrons. The van der Waals surface area contributed by atoms with Gasteiger partial charge < -0.3 is 10.4 Å². The standard InChI is InChI=1S/C13H17ClFNO/c1-13(17,8-16-10-5-6-10)7-9-3-2-4-11(14)12(9)15/h2-4,10,16-17H,5-8H2,1H3. The van der Waals surface area contributed by atoms with E-state index in [9.17, 15) is 9.50 Å². The molecule has 2 nitrogen and oxygen atoms in total. The van der Waals surface area contributed by atoms with Gasteiger partial charge in [-0.25, -0.2) is 4.39 Å². The van der Waals surface area contributed by atoms with Gasteiger partial charge in [-0.2, -0.15) is 0 Å². The summed E-state index contributed by atoms with van der Waals surface area (Å²) in [7, 11) is 0. The van der Waals surface area contributed by atoms with Crippen LogP contribution in [0.2, 0.25) is 5.02 Å². The monoisotopic (exact) mass is 257 g/mol. The summed E-state index contributed by atoms with van der Waals surface area (Å²) < 4.78 is 13.7. The molecule has 1 unspecified atom stereocenters. The second-order valence-electron chi connectivity index (χ2n) is 5.04. The minimum absolute atomic E-state index is 0.105. The molecule has 2 rings (SSSR count). The molecule has 0 amide bonds. The molecular formula is C13H17ClFNO. The van der Waals surface area contributed by atoms with Crippen molar-refractivity contribution < 1.29 is 9.50 Å². The smallest absolute Gasteiger partial charge is 0.145 e. The van der Waals surface area contributed by atoms with Crippen molar-refractivity contribution in [2.75, 3.05) is 6.54 Å². The second kappa shape index (κ2) is 4.92. The Labute approximate surface area is 106 Å². The van der Waals surface area contributed by atoms with Crippen molar-refractivity contribution in [1.82, 2.24) is 5.32 Å². The van der Waals surface area contributed by atoms with Gasteiger partial charge in [-0.05, 0) is 31.4 Å². The molecule has 0 aliphatic heterocycles. The van der Waals surface area contributed by atoms with Gasteiger partial charge >= 0.3 is 0 Å². The fourth-order valence-electron chi connectivity index (χ4n) is 1.81. The van der Waals surface area contributed by atoms with Gasteiger partial charge in [-0.15, -0.1) is 0 Å². The maximum Gasteiger partial charge on any atom is 0.145 e. The Morgan fingerprint density at radius 1 is 1.53 bits per heavy atom. The summed E-state index contributed by atoms with van der Waals surface area (Å²) in [6, 6.07) is 5.40. The number of nitrogens with one attached hydrogen (secondary N) is 1. The lowest BCUT2D eigenvalue weighted by atomic mass is 9.96. The fraction of sp³-hybridized carbons (Fsp3) is 0.538. The van der Waals surface area contributed by atoms with Crippen LogP contribution in [0.15, 0.2) is 18.2 Å². The highest BCUT2D eigenvalue weighted by molar-refractivity contribution is 6.30. The van der Waals surface area contributed by atoms with E-state index in [4.69, 9.17) is 11.6 Å². The van der Waals surface area contributed by atoms with E-state index in [1.54, 1.807) is 19.1 Å². The maximum atomic E-state index is 13.7. The highest BCUT2D eigenvalue weighted by Gasteiger charge is 2.27. The SMILES string of the molecule is CC(O)(CNC1CC1)Cc1cccc(Cl)c1F. The van der Waals surface area contributed by atoms with E-state index >= 15 is 0 Å². The Hall–Kier alpha value is -0.640. The minimum Gasteiger partial charge on any atom is -0.389 e. The van der Waals surface area contributed by atoms with E-state index in [1.807, 2.05) is 0 Å². The third-order valence-corrected chi connectivity index (χ3v) is 3.24. The number of rotatable bonds is 5. The highest BCUT2D eigenvalue weighted by atomic mass is 35.5. The number of benzene rings is 1. The van der Waals surface area contributed by atoms with Gasteiger partial charge in [0.05, 0.1) is 10.6 Å². The van der Waals surface area contributed by atoms with Crippen molar-refractivity contribution in [3.8, 4) is 0 Å². The zero-order valence-corrected chi connectivity index (χ0v) is 10.6. The average molecular weight is 258 g/mol. The average Bonchev–Trinajstić information content (AvgIpc) is 3.06. The molecule has 17 heavy (non-hydrogen) atoms. The third kappa shape index (κ3) is 3.66.